The maximum absolute atomic E-state index is 12.2. The number of carbonyl (C=O) groups excluding carboxylic acids is 1. The van der Waals surface area contributed by atoms with Gasteiger partial charge in [0.15, 0.2) is 0 Å². The van der Waals surface area contributed by atoms with Gasteiger partial charge in [0.25, 0.3) is 0 Å². The van der Waals surface area contributed by atoms with Crippen LogP contribution < -0.4 is 9.64 Å². The van der Waals surface area contributed by atoms with Crippen LogP contribution in [0.1, 0.15) is 20.3 Å². The molecule has 0 aliphatic carbocycles. The SMILES string of the molecule is COc1ccc(N2CC[C@@](C)(O)[C@@H](C)C2=O)cc1. The monoisotopic (exact) mass is 249 g/mol. The molecule has 1 heterocycles. The molecule has 0 saturated carbocycles. The summed E-state index contributed by atoms with van der Waals surface area (Å²) in [6, 6.07) is 7.40. The van der Waals surface area contributed by atoms with Gasteiger partial charge in [0, 0.05) is 12.2 Å². The van der Waals surface area contributed by atoms with Crippen molar-refractivity contribution in [1.29, 1.82) is 0 Å². The van der Waals surface area contributed by atoms with Crippen LogP contribution in [0.25, 0.3) is 0 Å². The smallest absolute Gasteiger partial charge is 0.232 e. The van der Waals surface area contributed by atoms with Gasteiger partial charge in [-0.1, -0.05) is 6.92 Å². The third-order valence-electron chi connectivity index (χ3n) is 3.79. The molecule has 1 amide bonds. The summed E-state index contributed by atoms with van der Waals surface area (Å²) in [6.45, 7) is 4.04. The number of anilines is 1. The van der Waals surface area contributed by atoms with Gasteiger partial charge in [-0.2, -0.15) is 0 Å². The van der Waals surface area contributed by atoms with E-state index in [-0.39, 0.29) is 11.8 Å². The van der Waals surface area contributed by atoms with Crippen molar-refractivity contribution in [3.05, 3.63) is 24.3 Å². The number of benzene rings is 1. The number of carbonyl (C=O) groups is 1. The summed E-state index contributed by atoms with van der Waals surface area (Å²) in [5.74, 6) is 0.355. The molecule has 0 radical (unpaired) electrons. The van der Waals surface area contributed by atoms with E-state index in [9.17, 15) is 9.90 Å². The molecular weight excluding hydrogens is 230 g/mol. The molecule has 1 saturated heterocycles. The Bertz CT molecular complexity index is 439. The predicted octanol–water partition coefficient (Wildman–Crippen LogP) is 1.82. The second-order valence-electron chi connectivity index (χ2n) is 5.02. The lowest BCUT2D eigenvalue weighted by Gasteiger charge is -2.40. The van der Waals surface area contributed by atoms with Crippen molar-refractivity contribution in [1.82, 2.24) is 0 Å². The molecule has 2 atom stereocenters. The minimum atomic E-state index is -0.903. The summed E-state index contributed by atoms with van der Waals surface area (Å²) in [4.78, 5) is 14.0. The molecule has 0 aromatic heterocycles. The topological polar surface area (TPSA) is 49.8 Å². The highest BCUT2D eigenvalue weighted by Gasteiger charge is 2.41. The molecular formula is C14H19NO3. The van der Waals surface area contributed by atoms with Crippen molar-refractivity contribution in [3.63, 3.8) is 0 Å². The number of hydrogen-bond acceptors (Lipinski definition) is 3. The molecule has 1 aliphatic heterocycles. The second kappa shape index (κ2) is 4.61. The number of ether oxygens (including phenoxy) is 1. The van der Waals surface area contributed by atoms with Crippen molar-refractivity contribution in [2.75, 3.05) is 18.6 Å². The van der Waals surface area contributed by atoms with Crippen LogP contribution in [-0.4, -0.2) is 30.3 Å². The van der Waals surface area contributed by atoms with E-state index in [0.29, 0.717) is 13.0 Å². The molecule has 1 fully saturated rings. The van der Waals surface area contributed by atoms with Crippen LogP contribution in [-0.2, 0) is 4.79 Å². The summed E-state index contributed by atoms with van der Waals surface area (Å²) in [6.07, 6.45) is 0.589. The Labute approximate surface area is 107 Å². The first kappa shape index (κ1) is 12.9. The molecule has 98 valence electrons. The fourth-order valence-corrected chi connectivity index (χ4v) is 2.18. The summed E-state index contributed by atoms with van der Waals surface area (Å²) in [7, 11) is 1.61. The zero-order chi connectivity index (χ0) is 13.3. The Morgan fingerprint density at radius 2 is 2.00 bits per heavy atom. The molecule has 0 bridgehead atoms. The van der Waals surface area contributed by atoms with Crippen molar-refractivity contribution < 1.29 is 14.6 Å². The van der Waals surface area contributed by atoms with Crippen LogP contribution in [0.5, 0.6) is 5.75 Å². The van der Waals surface area contributed by atoms with Gasteiger partial charge in [-0.3, -0.25) is 4.79 Å². The Hall–Kier alpha value is -1.55. The Morgan fingerprint density at radius 1 is 1.39 bits per heavy atom. The van der Waals surface area contributed by atoms with Gasteiger partial charge in [-0.25, -0.2) is 0 Å². The normalized spacial score (nSPS) is 28.3. The number of methoxy groups -OCH3 is 1. The van der Waals surface area contributed by atoms with Gasteiger partial charge in [-0.05, 0) is 37.6 Å². The number of hydrogen-bond donors (Lipinski definition) is 1. The molecule has 18 heavy (non-hydrogen) atoms. The first-order valence-corrected chi connectivity index (χ1v) is 6.13. The Balaban J connectivity index is 2.21. The lowest BCUT2D eigenvalue weighted by Crippen LogP contribution is -2.53. The zero-order valence-corrected chi connectivity index (χ0v) is 11.0. The first-order chi connectivity index (χ1) is 8.45. The number of piperidine rings is 1. The van der Waals surface area contributed by atoms with E-state index in [4.69, 9.17) is 4.74 Å². The van der Waals surface area contributed by atoms with Crippen LogP contribution in [0.4, 0.5) is 5.69 Å². The van der Waals surface area contributed by atoms with Crippen LogP contribution in [0, 0.1) is 5.92 Å². The standard InChI is InChI=1S/C14H19NO3/c1-10-13(16)15(9-8-14(10,2)17)11-4-6-12(18-3)7-5-11/h4-7,10,17H,8-9H2,1-3H3/t10-,14+/m0/s1. The van der Waals surface area contributed by atoms with Gasteiger partial charge in [0.2, 0.25) is 5.91 Å². The van der Waals surface area contributed by atoms with E-state index < -0.39 is 5.60 Å². The third-order valence-corrected chi connectivity index (χ3v) is 3.79. The maximum Gasteiger partial charge on any atom is 0.232 e. The van der Waals surface area contributed by atoms with Crippen molar-refractivity contribution in [3.8, 4) is 5.75 Å². The average Bonchev–Trinajstić information content (AvgIpc) is 2.37. The van der Waals surface area contributed by atoms with E-state index in [0.717, 1.165) is 11.4 Å². The summed E-state index contributed by atoms with van der Waals surface area (Å²) >= 11 is 0. The summed E-state index contributed by atoms with van der Waals surface area (Å²) in [5, 5.41) is 10.1. The third kappa shape index (κ3) is 2.20. The average molecular weight is 249 g/mol. The van der Waals surface area contributed by atoms with Crippen LogP contribution >= 0.6 is 0 Å². The highest BCUT2D eigenvalue weighted by Crippen LogP contribution is 2.31. The largest absolute Gasteiger partial charge is 0.497 e. The lowest BCUT2D eigenvalue weighted by molar-refractivity contribution is -0.133. The van der Waals surface area contributed by atoms with E-state index in [1.807, 2.05) is 24.3 Å². The number of nitrogens with zero attached hydrogens (tertiary/aromatic N) is 1. The highest BCUT2D eigenvalue weighted by atomic mass is 16.5. The molecule has 4 heteroatoms. The predicted molar refractivity (Wildman–Crippen MR) is 69.8 cm³/mol. The molecule has 1 N–H and O–H groups in total. The minimum absolute atomic E-state index is 0.0311. The minimum Gasteiger partial charge on any atom is -0.497 e. The number of aliphatic hydroxyl groups is 1. The van der Waals surface area contributed by atoms with E-state index in [1.54, 1.807) is 25.9 Å². The van der Waals surface area contributed by atoms with Gasteiger partial charge < -0.3 is 14.7 Å². The second-order valence-corrected chi connectivity index (χ2v) is 5.02. The van der Waals surface area contributed by atoms with Crippen LogP contribution in [0.2, 0.25) is 0 Å². The van der Waals surface area contributed by atoms with Gasteiger partial charge >= 0.3 is 0 Å². The van der Waals surface area contributed by atoms with E-state index in [1.165, 1.54) is 0 Å². The van der Waals surface area contributed by atoms with Crippen LogP contribution in [0.15, 0.2) is 24.3 Å². The summed E-state index contributed by atoms with van der Waals surface area (Å²) in [5.41, 5.74) is -0.0526. The first-order valence-electron chi connectivity index (χ1n) is 6.13. The molecule has 0 spiro atoms. The number of rotatable bonds is 2. The van der Waals surface area contributed by atoms with E-state index >= 15 is 0 Å². The number of amides is 1. The Kier molecular flexibility index (Phi) is 3.30. The fraction of sp³-hybridized carbons (Fsp3) is 0.500. The molecule has 1 aromatic carbocycles. The van der Waals surface area contributed by atoms with E-state index in [2.05, 4.69) is 0 Å². The molecule has 0 unspecified atom stereocenters. The molecule has 2 rings (SSSR count). The molecule has 1 aliphatic rings. The lowest BCUT2D eigenvalue weighted by atomic mass is 9.83. The fourth-order valence-electron chi connectivity index (χ4n) is 2.18. The van der Waals surface area contributed by atoms with Crippen molar-refractivity contribution in [2.24, 2.45) is 5.92 Å². The molecule has 1 aromatic rings. The van der Waals surface area contributed by atoms with Crippen molar-refractivity contribution >= 4 is 11.6 Å². The van der Waals surface area contributed by atoms with Crippen LogP contribution in [0.3, 0.4) is 0 Å². The van der Waals surface area contributed by atoms with Gasteiger partial charge in [0.1, 0.15) is 5.75 Å². The van der Waals surface area contributed by atoms with Gasteiger partial charge in [0.05, 0.1) is 18.6 Å². The maximum atomic E-state index is 12.2. The quantitative estimate of drug-likeness (QED) is 0.869. The molecule has 4 nitrogen and oxygen atoms in total. The van der Waals surface area contributed by atoms with Gasteiger partial charge in [-0.15, -0.1) is 0 Å². The Morgan fingerprint density at radius 3 is 2.56 bits per heavy atom. The summed E-state index contributed by atoms with van der Waals surface area (Å²) < 4.78 is 5.09. The highest BCUT2D eigenvalue weighted by molar-refractivity contribution is 5.96. The van der Waals surface area contributed by atoms with Crippen molar-refractivity contribution in [2.45, 2.75) is 25.9 Å². The zero-order valence-electron chi connectivity index (χ0n) is 11.0.